The van der Waals surface area contributed by atoms with Crippen molar-refractivity contribution < 1.29 is 9.47 Å². The highest BCUT2D eigenvalue weighted by atomic mass is 79.9. The molecule has 5 heteroatoms. The first kappa shape index (κ1) is 14.9. The molecule has 2 aromatic rings. The quantitative estimate of drug-likeness (QED) is 0.874. The lowest BCUT2D eigenvalue weighted by Gasteiger charge is -2.12. The van der Waals surface area contributed by atoms with Crippen molar-refractivity contribution in [1.82, 2.24) is 5.32 Å². The van der Waals surface area contributed by atoms with Crippen LogP contribution in [0.5, 0.6) is 11.5 Å². The van der Waals surface area contributed by atoms with Crippen LogP contribution in [0, 0.1) is 6.92 Å². The van der Waals surface area contributed by atoms with Crippen molar-refractivity contribution in [3.63, 3.8) is 0 Å². The molecule has 2 heterocycles. The Kier molecular flexibility index (Phi) is 4.83. The van der Waals surface area contributed by atoms with Gasteiger partial charge in [0, 0.05) is 24.4 Å². The third kappa shape index (κ3) is 3.59. The Balaban J connectivity index is 1.67. The van der Waals surface area contributed by atoms with Gasteiger partial charge >= 0.3 is 0 Å². The van der Waals surface area contributed by atoms with Crippen molar-refractivity contribution >= 4 is 27.3 Å². The number of benzene rings is 1. The zero-order valence-electron chi connectivity index (χ0n) is 11.9. The predicted octanol–water partition coefficient (Wildman–Crippen LogP) is 4.27. The van der Waals surface area contributed by atoms with E-state index < -0.39 is 0 Å². The summed E-state index contributed by atoms with van der Waals surface area (Å²) in [6, 6.07) is 6.33. The van der Waals surface area contributed by atoms with E-state index in [1.165, 1.54) is 16.0 Å². The number of thiophene rings is 1. The number of hydrogen-bond donors (Lipinski definition) is 1. The zero-order chi connectivity index (χ0) is 14.7. The highest BCUT2D eigenvalue weighted by molar-refractivity contribution is 9.10. The Hall–Kier alpha value is -1.04. The predicted molar refractivity (Wildman–Crippen MR) is 89.3 cm³/mol. The Morgan fingerprint density at radius 1 is 1.24 bits per heavy atom. The molecule has 1 aliphatic rings. The summed E-state index contributed by atoms with van der Waals surface area (Å²) in [6.45, 7) is 5.28. The van der Waals surface area contributed by atoms with Gasteiger partial charge < -0.3 is 14.8 Å². The normalized spacial score (nSPS) is 14.0. The highest BCUT2D eigenvalue weighted by Crippen LogP contribution is 2.38. The molecule has 21 heavy (non-hydrogen) atoms. The molecule has 112 valence electrons. The monoisotopic (exact) mass is 367 g/mol. The lowest BCUT2D eigenvalue weighted by atomic mass is 10.2. The van der Waals surface area contributed by atoms with E-state index in [1.807, 2.05) is 0 Å². The van der Waals surface area contributed by atoms with Crippen molar-refractivity contribution in [2.75, 3.05) is 13.2 Å². The van der Waals surface area contributed by atoms with E-state index in [0.29, 0.717) is 13.2 Å². The average Bonchev–Trinajstić information content (AvgIpc) is 2.73. The largest absolute Gasteiger partial charge is 0.490 e. The van der Waals surface area contributed by atoms with Gasteiger partial charge in [-0.15, -0.1) is 11.3 Å². The van der Waals surface area contributed by atoms with Crippen molar-refractivity contribution in [1.29, 1.82) is 0 Å². The van der Waals surface area contributed by atoms with Crippen LogP contribution in [0.1, 0.15) is 22.4 Å². The number of halogens is 1. The Morgan fingerprint density at radius 3 is 2.90 bits per heavy atom. The van der Waals surface area contributed by atoms with Gasteiger partial charge in [0.15, 0.2) is 11.5 Å². The maximum atomic E-state index is 5.76. The van der Waals surface area contributed by atoms with Gasteiger partial charge in [-0.3, -0.25) is 0 Å². The Bertz CT molecular complexity index is 627. The minimum absolute atomic E-state index is 0.709. The lowest BCUT2D eigenvalue weighted by molar-refractivity contribution is 0.296. The smallest absolute Gasteiger partial charge is 0.175 e. The average molecular weight is 368 g/mol. The van der Waals surface area contributed by atoms with Crippen molar-refractivity contribution in [2.24, 2.45) is 0 Å². The van der Waals surface area contributed by atoms with Gasteiger partial charge in [0.05, 0.1) is 17.7 Å². The van der Waals surface area contributed by atoms with E-state index in [1.54, 1.807) is 11.3 Å². The molecule has 1 aromatic heterocycles. The fraction of sp³-hybridized carbons (Fsp3) is 0.375. The third-order valence-corrected chi connectivity index (χ3v) is 5.06. The Labute approximate surface area is 137 Å². The zero-order valence-corrected chi connectivity index (χ0v) is 14.4. The summed E-state index contributed by atoms with van der Waals surface area (Å²) in [5.74, 6) is 1.66. The van der Waals surface area contributed by atoms with Crippen molar-refractivity contribution in [3.8, 4) is 11.5 Å². The molecule has 1 aromatic carbocycles. The molecule has 1 aliphatic heterocycles. The first-order valence-electron chi connectivity index (χ1n) is 7.06. The van der Waals surface area contributed by atoms with Crippen LogP contribution >= 0.6 is 27.3 Å². The second kappa shape index (κ2) is 6.81. The van der Waals surface area contributed by atoms with E-state index in [9.17, 15) is 0 Å². The molecule has 0 unspecified atom stereocenters. The third-order valence-electron chi connectivity index (χ3n) is 3.44. The molecule has 3 nitrogen and oxygen atoms in total. The summed E-state index contributed by atoms with van der Waals surface area (Å²) < 4.78 is 12.4. The van der Waals surface area contributed by atoms with Crippen LogP contribution in [0.25, 0.3) is 0 Å². The molecular formula is C16H18BrNO2S. The van der Waals surface area contributed by atoms with Crippen LogP contribution in [0.4, 0.5) is 0 Å². The number of aryl methyl sites for hydroxylation is 1. The molecule has 0 fully saturated rings. The van der Waals surface area contributed by atoms with E-state index >= 15 is 0 Å². The maximum absolute atomic E-state index is 5.76. The molecule has 0 aliphatic carbocycles. The summed E-state index contributed by atoms with van der Waals surface area (Å²) in [4.78, 5) is 1.39. The molecular weight excluding hydrogens is 350 g/mol. The molecule has 0 atom stereocenters. The van der Waals surface area contributed by atoms with Crippen LogP contribution in [0.3, 0.4) is 0 Å². The standard InChI is InChI=1S/C16H18BrNO2S/c1-11-3-6-21-15(11)10-18-9-12-7-13(17)16-14(8-12)19-4-2-5-20-16/h3,6-8,18H,2,4-5,9-10H2,1H3. The molecule has 0 amide bonds. The maximum Gasteiger partial charge on any atom is 0.175 e. The van der Waals surface area contributed by atoms with E-state index in [-0.39, 0.29) is 0 Å². The fourth-order valence-corrected chi connectivity index (χ4v) is 3.77. The number of fused-ring (bicyclic) bond motifs is 1. The molecule has 0 saturated heterocycles. The summed E-state index contributed by atoms with van der Waals surface area (Å²) >= 11 is 5.38. The summed E-state index contributed by atoms with van der Waals surface area (Å²) in [5, 5.41) is 5.62. The second-order valence-corrected chi connectivity index (χ2v) is 6.94. The van der Waals surface area contributed by atoms with Crippen LogP contribution in [-0.2, 0) is 13.1 Å². The van der Waals surface area contributed by atoms with Crippen LogP contribution in [-0.4, -0.2) is 13.2 Å². The van der Waals surface area contributed by atoms with Gasteiger partial charge in [-0.2, -0.15) is 0 Å². The lowest BCUT2D eigenvalue weighted by Crippen LogP contribution is -2.12. The van der Waals surface area contributed by atoms with Gasteiger partial charge in [0.25, 0.3) is 0 Å². The van der Waals surface area contributed by atoms with Gasteiger partial charge in [-0.05, 0) is 57.6 Å². The number of nitrogens with one attached hydrogen (secondary N) is 1. The van der Waals surface area contributed by atoms with Gasteiger partial charge in [-0.25, -0.2) is 0 Å². The molecule has 0 spiro atoms. The van der Waals surface area contributed by atoms with Gasteiger partial charge in [0.2, 0.25) is 0 Å². The topological polar surface area (TPSA) is 30.5 Å². The molecule has 1 N–H and O–H groups in total. The highest BCUT2D eigenvalue weighted by Gasteiger charge is 2.15. The molecule has 0 saturated carbocycles. The molecule has 0 radical (unpaired) electrons. The summed E-state index contributed by atoms with van der Waals surface area (Å²) in [6.07, 6.45) is 0.923. The van der Waals surface area contributed by atoms with Crippen LogP contribution in [0.2, 0.25) is 0 Å². The first-order valence-corrected chi connectivity index (χ1v) is 8.73. The second-order valence-electron chi connectivity index (χ2n) is 5.09. The van der Waals surface area contributed by atoms with Gasteiger partial charge in [-0.1, -0.05) is 0 Å². The van der Waals surface area contributed by atoms with E-state index in [4.69, 9.17) is 9.47 Å². The molecule has 3 rings (SSSR count). The van der Waals surface area contributed by atoms with Crippen molar-refractivity contribution in [2.45, 2.75) is 26.4 Å². The minimum Gasteiger partial charge on any atom is -0.490 e. The van der Waals surface area contributed by atoms with Crippen LogP contribution in [0.15, 0.2) is 28.1 Å². The van der Waals surface area contributed by atoms with E-state index in [2.05, 4.69) is 51.7 Å². The number of ether oxygens (including phenoxy) is 2. The minimum atomic E-state index is 0.709. The fourth-order valence-electron chi connectivity index (χ4n) is 2.29. The summed E-state index contributed by atoms with van der Waals surface area (Å²) in [5.41, 5.74) is 2.55. The number of hydrogen-bond acceptors (Lipinski definition) is 4. The SMILES string of the molecule is Cc1ccsc1CNCc1cc(Br)c2c(c1)OCCCO2. The summed E-state index contributed by atoms with van der Waals surface area (Å²) in [7, 11) is 0. The number of rotatable bonds is 4. The van der Waals surface area contributed by atoms with E-state index in [0.717, 1.165) is 35.5 Å². The van der Waals surface area contributed by atoms with Gasteiger partial charge in [0.1, 0.15) is 0 Å². The first-order chi connectivity index (χ1) is 10.2. The molecule has 0 bridgehead atoms. The van der Waals surface area contributed by atoms with Crippen molar-refractivity contribution in [3.05, 3.63) is 44.1 Å². The van der Waals surface area contributed by atoms with Crippen LogP contribution < -0.4 is 14.8 Å². The Morgan fingerprint density at radius 2 is 2.10 bits per heavy atom.